The summed E-state index contributed by atoms with van der Waals surface area (Å²) in [5, 5.41) is 15.9. The molecule has 0 aromatic carbocycles. The van der Waals surface area contributed by atoms with Crippen LogP contribution in [0.3, 0.4) is 0 Å². The van der Waals surface area contributed by atoms with E-state index in [1.807, 2.05) is 12.2 Å². The van der Waals surface area contributed by atoms with E-state index in [0.29, 0.717) is 0 Å². The van der Waals surface area contributed by atoms with Gasteiger partial charge in [0, 0.05) is 24.0 Å². The SMILES string of the molecule is N=CC1C=Cc2[nH]cc(CC(=O)O)c2C1. The molecule has 0 fully saturated rings. The minimum Gasteiger partial charge on any atom is -0.481 e. The lowest BCUT2D eigenvalue weighted by molar-refractivity contribution is -0.136. The van der Waals surface area contributed by atoms with Crippen LogP contribution in [0.5, 0.6) is 0 Å². The van der Waals surface area contributed by atoms with E-state index in [0.717, 1.165) is 23.2 Å². The Balaban J connectivity index is 2.30. The van der Waals surface area contributed by atoms with Gasteiger partial charge in [-0.3, -0.25) is 4.79 Å². The molecule has 1 aliphatic carbocycles. The molecule has 2 rings (SSSR count). The van der Waals surface area contributed by atoms with Gasteiger partial charge in [0.05, 0.1) is 6.42 Å². The number of carboxylic acid groups (broad SMARTS) is 1. The van der Waals surface area contributed by atoms with Gasteiger partial charge in [0.1, 0.15) is 0 Å². The first-order chi connectivity index (χ1) is 7.20. The maximum atomic E-state index is 10.6. The van der Waals surface area contributed by atoms with Gasteiger partial charge >= 0.3 is 5.97 Å². The van der Waals surface area contributed by atoms with Crippen LogP contribution in [-0.4, -0.2) is 22.3 Å². The van der Waals surface area contributed by atoms with Gasteiger partial charge in [0.2, 0.25) is 0 Å². The third-order valence-corrected chi connectivity index (χ3v) is 2.62. The smallest absolute Gasteiger partial charge is 0.307 e. The van der Waals surface area contributed by atoms with E-state index in [2.05, 4.69) is 4.98 Å². The number of allylic oxidation sites excluding steroid dienone is 1. The first-order valence-electron chi connectivity index (χ1n) is 4.80. The van der Waals surface area contributed by atoms with Crippen molar-refractivity contribution in [2.45, 2.75) is 12.8 Å². The molecule has 0 radical (unpaired) electrons. The fourth-order valence-corrected chi connectivity index (χ4v) is 1.86. The summed E-state index contributed by atoms with van der Waals surface area (Å²) in [7, 11) is 0. The Morgan fingerprint density at radius 1 is 1.73 bits per heavy atom. The van der Waals surface area contributed by atoms with Crippen LogP contribution >= 0.6 is 0 Å². The number of aromatic nitrogens is 1. The minimum absolute atomic E-state index is 0.0460. The lowest BCUT2D eigenvalue weighted by Gasteiger charge is -2.13. The predicted molar refractivity (Wildman–Crippen MR) is 57.1 cm³/mol. The predicted octanol–water partition coefficient (Wildman–Crippen LogP) is 1.48. The standard InChI is InChI=1S/C11H12N2O2/c12-5-7-1-2-10-9(3-7)8(6-13-10)4-11(14)15/h1-2,5-7,12-13H,3-4H2,(H,14,15). The first-order valence-corrected chi connectivity index (χ1v) is 4.80. The number of nitrogens with one attached hydrogen (secondary N) is 2. The van der Waals surface area contributed by atoms with Crippen molar-refractivity contribution in [1.82, 2.24) is 4.98 Å². The molecular weight excluding hydrogens is 192 g/mol. The summed E-state index contributed by atoms with van der Waals surface area (Å²) in [5.74, 6) is -0.724. The third kappa shape index (κ3) is 1.83. The molecule has 0 saturated carbocycles. The number of hydrogen-bond donors (Lipinski definition) is 3. The van der Waals surface area contributed by atoms with Crippen LogP contribution in [0.1, 0.15) is 16.8 Å². The minimum atomic E-state index is -0.822. The Labute approximate surface area is 87.1 Å². The van der Waals surface area contributed by atoms with Gasteiger partial charge in [-0.2, -0.15) is 0 Å². The first kappa shape index (κ1) is 9.71. The van der Waals surface area contributed by atoms with E-state index in [1.54, 1.807) is 6.20 Å². The van der Waals surface area contributed by atoms with Crippen molar-refractivity contribution in [2.24, 2.45) is 5.92 Å². The molecule has 3 N–H and O–H groups in total. The topological polar surface area (TPSA) is 76.9 Å². The second-order valence-corrected chi connectivity index (χ2v) is 3.67. The molecule has 0 bridgehead atoms. The average molecular weight is 204 g/mol. The van der Waals surface area contributed by atoms with Crippen LogP contribution in [0.4, 0.5) is 0 Å². The summed E-state index contributed by atoms with van der Waals surface area (Å²) in [4.78, 5) is 13.7. The Hall–Kier alpha value is -1.84. The highest BCUT2D eigenvalue weighted by atomic mass is 16.4. The van der Waals surface area contributed by atoms with E-state index in [9.17, 15) is 4.79 Å². The normalized spacial score (nSPS) is 18.5. The van der Waals surface area contributed by atoms with E-state index < -0.39 is 5.97 Å². The molecule has 0 spiro atoms. The zero-order valence-corrected chi connectivity index (χ0v) is 8.16. The Kier molecular flexibility index (Phi) is 2.41. The van der Waals surface area contributed by atoms with Gasteiger partial charge in [-0.1, -0.05) is 6.08 Å². The van der Waals surface area contributed by atoms with Crippen molar-refractivity contribution >= 4 is 18.3 Å². The van der Waals surface area contributed by atoms with Crippen molar-refractivity contribution in [3.63, 3.8) is 0 Å². The monoisotopic (exact) mass is 204 g/mol. The van der Waals surface area contributed by atoms with Crippen molar-refractivity contribution in [3.8, 4) is 0 Å². The second kappa shape index (κ2) is 3.73. The highest BCUT2D eigenvalue weighted by Gasteiger charge is 2.18. The molecule has 0 saturated heterocycles. The Morgan fingerprint density at radius 2 is 2.53 bits per heavy atom. The van der Waals surface area contributed by atoms with Crippen LogP contribution in [0.25, 0.3) is 6.08 Å². The summed E-state index contributed by atoms with van der Waals surface area (Å²) >= 11 is 0. The van der Waals surface area contributed by atoms with E-state index >= 15 is 0 Å². The summed E-state index contributed by atoms with van der Waals surface area (Å²) in [6, 6.07) is 0. The quantitative estimate of drug-likeness (QED) is 0.652. The van der Waals surface area contributed by atoms with Crippen molar-refractivity contribution in [1.29, 1.82) is 5.41 Å². The number of carboxylic acids is 1. The fourth-order valence-electron chi connectivity index (χ4n) is 1.86. The molecule has 1 atom stereocenters. The third-order valence-electron chi connectivity index (χ3n) is 2.62. The maximum absolute atomic E-state index is 10.6. The van der Waals surface area contributed by atoms with Crippen molar-refractivity contribution in [3.05, 3.63) is 29.1 Å². The lowest BCUT2D eigenvalue weighted by atomic mass is 9.91. The molecular formula is C11H12N2O2. The van der Waals surface area contributed by atoms with Gasteiger partial charge in [0.25, 0.3) is 0 Å². The largest absolute Gasteiger partial charge is 0.481 e. The highest BCUT2D eigenvalue weighted by molar-refractivity contribution is 5.73. The molecule has 1 aromatic heterocycles. The van der Waals surface area contributed by atoms with Crippen LogP contribution in [0, 0.1) is 11.3 Å². The number of aromatic amines is 1. The van der Waals surface area contributed by atoms with E-state index in [1.165, 1.54) is 6.21 Å². The molecule has 1 aliphatic rings. The molecule has 0 aliphatic heterocycles. The number of hydrogen-bond acceptors (Lipinski definition) is 2. The fraction of sp³-hybridized carbons (Fsp3) is 0.273. The number of rotatable bonds is 3. The second-order valence-electron chi connectivity index (χ2n) is 3.67. The Bertz CT molecular complexity index is 432. The summed E-state index contributed by atoms with van der Waals surface area (Å²) in [6.07, 6.45) is 7.77. The molecule has 1 heterocycles. The zero-order valence-electron chi connectivity index (χ0n) is 8.16. The highest BCUT2D eigenvalue weighted by Crippen LogP contribution is 2.25. The molecule has 4 heteroatoms. The van der Waals surface area contributed by atoms with Crippen LogP contribution < -0.4 is 0 Å². The van der Waals surface area contributed by atoms with Crippen LogP contribution in [-0.2, 0) is 17.6 Å². The summed E-state index contributed by atoms with van der Waals surface area (Å²) < 4.78 is 0. The van der Waals surface area contributed by atoms with Crippen LogP contribution in [0.2, 0.25) is 0 Å². The number of aliphatic carboxylic acids is 1. The Morgan fingerprint density at radius 3 is 3.20 bits per heavy atom. The van der Waals surface area contributed by atoms with E-state index in [-0.39, 0.29) is 12.3 Å². The van der Waals surface area contributed by atoms with Crippen LogP contribution in [0.15, 0.2) is 12.3 Å². The average Bonchev–Trinajstić information content (AvgIpc) is 2.60. The molecule has 1 unspecified atom stereocenters. The lowest BCUT2D eigenvalue weighted by Crippen LogP contribution is -2.10. The molecule has 1 aromatic rings. The van der Waals surface area contributed by atoms with Gasteiger partial charge in [-0.25, -0.2) is 0 Å². The molecule has 15 heavy (non-hydrogen) atoms. The zero-order chi connectivity index (χ0) is 10.8. The number of H-pyrrole nitrogens is 1. The van der Waals surface area contributed by atoms with Gasteiger partial charge in [0.15, 0.2) is 0 Å². The van der Waals surface area contributed by atoms with E-state index in [4.69, 9.17) is 10.5 Å². The molecule has 78 valence electrons. The number of carbonyl (C=O) groups is 1. The van der Waals surface area contributed by atoms with Crippen molar-refractivity contribution in [2.75, 3.05) is 0 Å². The molecule has 0 amide bonds. The van der Waals surface area contributed by atoms with Gasteiger partial charge in [-0.15, -0.1) is 0 Å². The van der Waals surface area contributed by atoms with Gasteiger partial charge < -0.3 is 15.5 Å². The van der Waals surface area contributed by atoms with Crippen molar-refractivity contribution < 1.29 is 9.90 Å². The maximum Gasteiger partial charge on any atom is 0.307 e. The summed E-state index contributed by atoms with van der Waals surface area (Å²) in [5.41, 5.74) is 2.84. The number of fused-ring (bicyclic) bond motifs is 1. The summed E-state index contributed by atoms with van der Waals surface area (Å²) in [6.45, 7) is 0. The van der Waals surface area contributed by atoms with Gasteiger partial charge in [-0.05, 0) is 23.6 Å². The molecule has 4 nitrogen and oxygen atoms in total.